The number of aryl methyl sites for hydroxylation is 3. The number of nitro groups is 1. The Kier molecular flexibility index (Phi) is 3.69. The maximum Gasteiger partial charge on any atom is 0.342 e. The zero-order chi connectivity index (χ0) is 16.6. The van der Waals surface area contributed by atoms with Gasteiger partial charge in [0.1, 0.15) is 11.8 Å². The Labute approximate surface area is 131 Å². The molecule has 0 saturated heterocycles. The highest BCUT2D eigenvalue weighted by Crippen LogP contribution is 2.20. The largest absolute Gasteiger partial charge is 0.423 e. The van der Waals surface area contributed by atoms with Crippen molar-refractivity contribution in [3.05, 3.63) is 67.9 Å². The lowest BCUT2D eigenvalue weighted by Crippen LogP contribution is -2.07. The lowest BCUT2D eigenvalue weighted by Gasteiger charge is -2.06. The summed E-state index contributed by atoms with van der Waals surface area (Å²) in [5.41, 5.74) is 2.04. The van der Waals surface area contributed by atoms with Crippen molar-refractivity contribution in [2.24, 2.45) is 0 Å². The van der Waals surface area contributed by atoms with Crippen LogP contribution in [0.5, 0.6) is 0 Å². The van der Waals surface area contributed by atoms with Crippen molar-refractivity contribution in [1.29, 1.82) is 0 Å². The van der Waals surface area contributed by atoms with Crippen molar-refractivity contribution in [3.8, 4) is 0 Å². The van der Waals surface area contributed by atoms with E-state index in [0.717, 1.165) is 16.5 Å². The van der Waals surface area contributed by atoms with E-state index in [1.54, 1.807) is 17.6 Å². The molecule has 1 aromatic carbocycles. The molecule has 0 aliphatic rings. The van der Waals surface area contributed by atoms with Crippen molar-refractivity contribution in [3.63, 3.8) is 0 Å². The van der Waals surface area contributed by atoms with Crippen LogP contribution in [0.1, 0.15) is 17.0 Å². The number of hydrogen-bond acceptors (Lipinski definition) is 5. The van der Waals surface area contributed by atoms with Crippen LogP contribution in [0.15, 0.2) is 39.7 Å². The third kappa shape index (κ3) is 2.85. The van der Waals surface area contributed by atoms with Crippen LogP contribution in [0.2, 0.25) is 0 Å². The Hall–Kier alpha value is -2.96. The smallest absolute Gasteiger partial charge is 0.342 e. The predicted molar refractivity (Wildman–Crippen MR) is 84.5 cm³/mol. The molecular formula is C16H15N3O4. The summed E-state index contributed by atoms with van der Waals surface area (Å²) in [6, 6.07) is 7.03. The second-order valence-electron chi connectivity index (χ2n) is 5.40. The van der Waals surface area contributed by atoms with E-state index in [0.29, 0.717) is 24.4 Å². The van der Waals surface area contributed by atoms with Crippen molar-refractivity contribution < 1.29 is 9.34 Å². The van der Waals surface area contributed by atoms with E-state index < -0.39 is 4.92 Å². The Morgan fingerprint density at radius 2 is 2.09 bits per heavy atom. The molecule has 0 fully saturated rings. The van der Waals surface area contributed by atoms with Gasteiger partial charge in [0.25, 0.3) is 0 Å². The molecule has 2 heterocycles. The SMILES string of the molecule is Cc1cc(=O)oc2ccc(CCn3c([N+](=O)[O-])cnc3C)cc12. The second-order valence-corrected chi connectivity index (χ2v) is 5.40. The van der Waals surface area contributed by atoms with Gasteiger partial charge in [0.2, 0.25) is 0 Å². The zero-order valence-electron chi connectivity index (χ0n) is 12.8. The lowest BCUT2D eigenvalue weighted by atomic mass is 10.1. The van der Waals surface area contributed by atoms with Gasteiger partial charge in [-0.2, -0.15) is 0 Å². The van der Waals surface area contributed by atoms with Gasteiger partial charge in [0.05, 0.1) is 6.54 Å². The maximum absolute atomic E-state index is 11.4. The van der Waals surface area contributed by atoms with Crippen LogP contribution in [-0.2, 0) is 13.0 Å². The van der Waals surface area contributed by atoms with Gasteiger partial charge < -0.3 is 14.5 Å². The maximum atomic E-state index is 11.4. The molecule has 0 saturated carbocycles. The highest BCUT2D eigenvalue weighted by molar-refractivity contribution is 5.80. The molecule has 0 unspecified atom stereocenters. The van der Waals surface area contributed by atoms with Gasteiger partial charge in [-0.15, -0.1) is 0 Å². The Balaban J connectivity index is 1.90. The molecule has 7 heteroatoms. The summed E-state index contributed by atoms with van der Waals surface area (Å²) in [6.45, 7) is 4.06. The van der Waals surface area contributed by atoms with Gasteiger partial charge in [-0.05, 0) is 35.1 Å². The normalized spacial score (nSPS) is 11.0. The van der Waals surface area contributed by atoms with E-state index in [1.807, 2.05) is 19.1 Å². The molecule has 3 rings (SSSR count). The molecule has 118 valence electrons. The lowest BCUT2D eigenvalue weighted by molar-refractivity contribution is -0.392. The molecule has 23 heavy (non-hydrogen) atoms. The van der Waals surface area contributed by atoms with Crippen molar-refractivity contribution in [1.82, 2.24) is 9.55 Å². The van der Waals surface area contributed by atoms with Crippen molar-refractivity contribution in [2.75, 3.05) is 0 Å². The number of rotatable bonds is 4. The van der Waals surface area contributed by atoms with E-state index in [-0.39, 0.29) is 11.4 Å². The molecular weight excluding hydrogens is 298 g/mol. The molecule has 0 radical (unpaired) electrons. The van der Waals surface area contributed by atoms with Crippen LogP contribution in [0.25, 0.3) is 11.0 Å². The summed E-state index contributed by atoms with van der Waals surface area (Å²) >= 11 is 0. The minimum Gasteiger partial charge on any atom is -0.423 e. The first-order valence-electron chi connectivity index (χ1n) is 7.15. The molecule has 0 aliphatic heterocycles. The summed E-state index contributed by atoms with van der Waals surface area (Å²) in [4.78, 5) is 25.9. The average molecular weight is 313 g/mol. The molecule has 0 atom stereocenters. The summed E-state index contributed by atoms with van der Waals surface area (Å²) in [7, 11) is 0. The van der Waals surface area contributed by atoms with E-state index in [9.17, 15) is 14.9 Å². The molecule has 0 bridgehead atoms. The number of hydrogen-bond donors (Lipinski definition) is 0. The van der Waals surface area contributed by atoms with Gasteiger partial charge in [-0.1, -0.05) is 6.07 Å². The fourth-order valence-corrected chi connectivity index (χ4v) is 2.64. The van der Waals surface area contributed by atoms with Crippen molar-refractivity contribution in [2.45, 2.75) is 26.8 Å². The van der Waals surface area contributed by atoms with Gasteiger partial charge in [0, 0.05) is 24.8 Å². The van der Waals surface area contributed by atoms with E-state index in [4.69, 9.17) is 4.42 Å². The predicted octanol–water partition coefficient (Wildman–Crippen LogP) is 2.76. The van der Waals surface area contributed by atoms with Gasteiger partial charge >= 0.3 is 11.4 Å². The quantitative estimate of drug-likeness (QED) is 0.419. The molecule has 0 spiro atoms. The van der Waals surface area contributed by atoms with Gasteiger partial charge in [0.15, 0.2) is 5.82 Å². The first-order chi connectivity index (χ1) is 11.0. The molecule has 0 N–H and O–H groups in total. The Morgan fingerprint density at radius 1 is 1.30 bits per heavy atom. The molecule has 7 nitrogen and oxygen atoms in total. The number of nitrogens with zero attached hydrogens (tertiary/aromatic N) is 3. The summed E-state index contributed by atoms with van der Waals surface area (Å²) < 4.78 is 6.74. The third-order valence-corrected chi connectivity index (χ3v) is 3.86. The monoisotopic (exact) mass is 313 g/mol. The van der Waals surface area contributed by atoms with E-state index >= 15 is 0 Å². The van der Waals surface area contributed by atoms with Gasteiger partial charge in [-0.25, -0.2) is 14.3 Å². The highest BCUT2D eigenvalue weighted by Gasteiger charge is 2.17. The number of fused-ring (bicyclic) bond motifs is 1. The second kappa shape index (κ2) is 5.68. The highest BCUT2D eigenvalue weighted by atomic mass is 16.6. The van der Waals surface area contributed by atoms with Crippen LogP contribution in [0.3, 0.4) is 0 Å². The van der Waals surface area contributed by atoms with Crippen LogP contribution >= 0.6 is 0 Å². The van der Waals surface area contributed by atoms with Crippen LogP contribution < -0.4 is 5.63 Å². The average Bonchev–Trinajstić information content (AvgIpc) is 2.86. The first kappa shape index (κ1) is 15.0. The summed E-state index contributed by atoms with van der Waals surface area (Å²) in [5, 5.41) is 11.9. The number of aromatic nitrogens is 2. The fourth-order valence-electron chi connectivity index (χ4n) is 2.64. The standard InChI is InChI=1S/C16H15N3O4/c1-10-7-16(20)23-14-4-3-12(8-13(10)14)5-6-18-11(2)17-9-15(18)19(21)22/h3-4,7-9H,5-6H2,1-2H3. The molecule has 0 aliphatic carbocycles. The van der Waals surface area contributed by atoms with Crippen LogP contribution in [-0.4, -0.2) is 14.5 Å². The first-order valence-corrected chi connectivity index (χ1v) is 7.15. The van der Waals surface area contributed by atoms with E-state index in [2.05, 4.69) is 4.98 Å². The minimum atomic E-state index is -0.431. The molecule has 0 amide bonds. The minimum absolute atomic E-state index is 0.00883. The number of benzene rings is 1. The zero-order valence-corrected chi connectivity index (χ0v) is 12.8. The van der Waals surface area contributed by atoms with Gasteiger partial charge in [-0.3, -0.25) is 0 Å². The Bertz CT molecular complexity index is 956. The summed E-state index contributed by atoms with van der Waals surface area (Å²) in [6.07, 6.45) is 1.89. The molecule has 2 aromatic heterocycles. The fraction of sp³-hybridized carbons (Fsp3) is 0.250. The van der Waals surface area contributed by atoms with Crippen molar-refractivity contribution >= 4 is 16.8 Å². The molecule has 3 aromatic rings. The van der Waals surface area contributed by atoms with Crippen LogP contribution in [0, 0.1) is 24.0 Å². The third-order valence-electron chi connectivity index (χ3n) is 3.86. The van der Waals surface area contributed by atoms with Crippen LogP contribution in [0.4, 0.5) is 5.82 Å². The Morgan fingerprint density at radius 3 is 2.83 bits per heavy atom. The topological polar surface area (TPSA) is 91.2 Å². The summed E-state index contributed by atoms with van der Waals surface area (Å²) in [5.74, 6) is 0.602. The number of imidazole rings is 1. The van der Waals surface area contributed by atoms with E-state index in [1.165, 1.54) is 12.3 Å².